The van der Waals surface area contributed by atoms with Crippen LogP contribution in [0.1, 0.15) is 12.0 Å². The zero-order chi connectivity index (χ0) is 14.0. The van der Waals surface area contributed by atoms with E-state index in [2.05, 4.69) is 0 Å². The molecule has 1 aromatic carbocycles. The van der Waals surface area contributed by atoms with E-state index in [0.29, 0.717) is 25.2 Å². The second-order valence-corrected chi connectivity index (χ2v) is 4.34. The predicted molar refractivity (Wildman–Crippen MR) is 65.8 cm³/mol. The summed E-state index contributed by atoms with van der Waals surface area (Å²) in [6.45, 7) is 0.873. The number of nitro groups is 1. The smallest absolute Gasteiger partial charge is 0.308 e. The lowest BCUT2D eigenvalue weighted by Gasteiger charge is -2.17. The van der Waals surface area contributed by atoms with Gasteiger partial charge in [0, 0.05) is 24.8 Å². The Balaban J connectivity index is 2.28. The molecule has 1 heterocycles. The number of nitrogens with zero attached hydrogens (tertiary/aromatic N) is 3. The Bertz CT molecular complexity index is 579. The monoisotopic (exact) mass is 261 g/mol. The average Bonchev–Trinajstić information content (AvgIpc) is 2.87. The SMILES string of the molecule is N#Cc1ccc(N2CCC(C(=O)O)C2)cc1[N+](=O)[O-]. The molecule has 0 aromatic heterocycles. The lowest BCUT2D eigenvalue weighted by molar-refractivity contribution is -0.385. The molecule has 1 aliphatic heterocycles. The van der Waals surface area contributed by atoms with Crippen LogP contribution >= 0.6 is 0 Å². The van der Waals surface area contributed by atoms with E-state index in [4.69, 9.17) is 10.4 Å². The van der Waals surface area contributed by atoms with Gasteiger partial charge in [0.2, 0.25) is 0 Å². The van der Waals surface area contributed by atoms with Crippen LogP contribution in [0.2, 0.25) is 0 Å². The third-order valence-corrected chi connectivity index (χ3v) is 3.20. The van der Waals surface area contributed by atoms with Gasteiger partial charge < -0.3 is 10.0 Å². The summed E-state index contributed by atoms with van der Waals surface area (Å²) in [4.78, 5) is 22.9. The summed E-state index contributed by atoms with van der Waals surface area (Å²) in [7, 11) is 0. The first-order valence-corrected chi connectivity index (χ1v) is 5.69. The molecule has 2 rings (SSSR count). The number of hydrogen-bond acceptors (Lipinski definition) is 5. The third-order valence-electron chi connectivity index (χ3n) is 3.20. The van der Waals surface area contributed by atoms with Gasteiger partial charge in [0.1, 0.15) is 11.6 Å². The van der Waals surface area contributed by atoms with E-state index >= 15 is 0 Å². The molecule has 1 unspecified atom stereocenters. The van der Waals surface area contributed by atoms with E-state index in [1.807, 2.05) is 0 Å². The number of carbonyl (C=O) groups is 1. The number of nitro benzene ring substituents is 1. The second kappa shape index (κ2) is 4.94. The van der Waals surface area contributed by atoms with Gasteiger partial charge in [-0.1, -0.05) is 0 Å². The first kappa shape index (κ1) is 12.8. The van der Waals surface area contributed by atoms with E-state index in [9.17, 15) is 14.9 Å². The Morgan fingerprint density at radius 3 is 2.84 bits per heavy atom. The van der Waals surface area contributed by atoms with E-state index < -0.39 is 16.8 Å². The second-order valence-electron chi connectivity index (χ2n) is 4.34. The Kier molecular flexibility index (Phi) is 3.33. The number of carboxylic acids is 1. The van der Waals surface area contributed by atoms with Crippen molar-refractivity contribution in [3.05, 3.63) is 33.9 Å². The van der Waals surface area contributed by atoms with Crippen molar-refractivity contribution in [1.29, 1.82) is 5.26 Å². The molecule has 1 atom stereocenters. The molecule has 1 aliphatic rings. The van der Waals surface area contributed by atoms with Crippen LogP contribution in [-0.2, 0) is 4.79 Å². The van der Waals surface area contributed by atoms with Crippen molar-refractivity contribution in [2.45, 2.75) is 6.42 Å². The summed E-state index contributed by atoms with van der Waals surface area (Å²) in [6.07, 6.45) is 0.517. The largest absolute Gasteiger partial charge is 0.481 e. The van der Waals surface area contributed by atoms with Crippen molar-refractivity contribution in [2.24, 2.45) is 5.92 Å². The van der Waals surface area contributed by atoms with Gasteiger partial charge in [0.15, 0.2) is 0 Å². The molecule has 0 amide bonds. The van der Waals surface area contributed by atoms with Crippen molar-refractivity contribution in [3.63, 3.8) is 0 Å². The van der Waals surface area contributed by atoms with E-state index in [0.717, 1.165) is 0 Å². The summed E-state index contributed by atoms with van der Waals surface area (Å²) in [6, 6.07) is 6.09. The van der Waals surface area contributed by atoms with Crippen LogP contribution in [0.5, 0.6) is 0 Å². The maximum Gasteiger partial charge on any atom is 0.308 e. The number of carboxylic acid groups (broad SMARTS) is 1. The molecule has 1 fully saturated rings. The topological polar surface area (TPSA) is 107 Å². The van der Waals surface area contributed by atoms with Crippen molar-refractivity contribution in [1.82, 2.24) is 0 Å². The molecule has 7 heteroatoms. The maximum atomic E-state index is 10.9. The van der Waals surface area contributed by atoms with Crippen molar-refractivity contribution >= 4 is 17.3 Å². The number of aliphatic carboxylic acids is 1. The summed E-state index contributed by atoms with van der Waals surface area (Å²) >= 11 is 0. The molecule has 0 radical (unpaired) electrons. The van der Waals surface area contributed by atoms with Crippen LogP contribution in [-0.4, -0.2) is 29.1 Å². The molecular weight excluding hydrogens is 250 g/mol. The number of hydrogen-bond donors (Lipinski definition) is 1. The van der Waals surface area contributed by atoms with E-state index in [1.165, 1.54) is 12.1 Å². The zero-order valence-electron chi connectivity index (χ0n) is 9.94. The minimum Gasteiger partial charge on any atom is -0.481 e. The van der Waals surface area contributed by atoms with Gasteiger partial charge in [-0.05, 0) is 18.6 Å². The minimum atomic E-state index is -0.856. The number of benzene rings is 1. The average molecular weight is 261 g/mol. The van der Waals surface area contributed by atoms with Crippen LogP contribution in [0, 0.1) is 27.4 Å². The lowest BCUT2D eigenvalue weighted by atomic mass is 10.1. The molecule has 0 saturated carbocycles. The first-order chi connectivity index (χ1) is 9.02. The molecule has 0 aliphatic carbocycles. The van der Waals surface area contributed by atoms with Gasteiger partial charge in [0.25, 0.3) is 5.69 Å². The molecule has 1 saturated heterocycles. The zero-order valence-corrected chi connectivity index (χ0v) is 9.94. The van der Waals surface area contributed by atoms with Gasteiger partial charge in [0.05, 0.1) is 10.8 Å². The fourth-order valence-electron chi connectivity index (χ4n) is 2.16. The summed E-state index contributed by atoms with van der Waals surface area (Å²) in [5, 5.41) is 28.6. The highest BCUT2D eigenvalue weighted by Crippen LogP contribution is 2.29. The highest BCUT2D eigenvalue weighted by molar-refractivity contribution is 5.72. The highest BCUT2D eigenvalue weighted by atomic mass is 16.6. The Labute approximate surface area is 108 Å². The standard InChI is InChI=1S/C12H11N3O4/c13-6-8-1-2-10(5-11(8)15(18)19)14-4-3-9(7-14)12(16)17/h1-2,5,9H,3-4,7H2,(H,16,17). The summed E-state index contributed by atoms with van der Waals surface area (Å²) < 4.78 is 0. The molecule has 7 nitrogen and oxygen atoms in total. The molecular formula is C12H11N3O4. The van der Waals surface area contributed by atoms with Gasteiger partial charge in [-0.15, -0.1) is 0 Å². The van der Waals surface area contributed by atoms with Gasteiger partial charge >= 0.3 is 5.97 Å². The highest BCUT2D eigenvalue weighted by Gasteiger charge is 2.29. The third kappa shape index (κ3) is 2.47. The molecule has 98 valence electrons. The molecule has 0 bridgehead atoms. The molecule has 1 N–H and O–H groups in total. The van der Waals surface area contributed by atoms with Crippen molar-refractivity contribution in [3.8, 4) is 6.07 Å². The van der Waals surface area contributed by atoms with Crippen LogP contribution < -0.4 is 4.90 Å². The van der Waals surface area contributed by atoms with Gasteiger partial charge in [-0.25, -0.2) is 0 Å². The summed E-state index contributed by atoms with van der Waals surface area (Å²) in [5.41, 5.74) is 0.330. The van der Waals surface area contributed by atoms with E-state index in [1.54, 1.807) is 17.0 Å². The van der Waals surface area contributed by atoms with Gasteiger partial charge in [-0.2, -0.15) is 5.26 Å². The van der Waals surface area contributed by atoms with Crippen molar-refractivity contribution < 1.29 is 14.8 Å². The van der Waals surface area contributed by atoms with Gasteiger partial charge in [-0.3, -0.25) is 14.9 Å². The predicted octanol–water partition coefficient (Wildman–Crippen LogP) is 1.38. The van der Waals surface area contributed by atoms with Crippen LogP contribution in [0.4, 0.5) is 11.4 Å². The molecule has 1 aromatic rings. The molecule has 0 spiro atoms. The Morgan fingerprint density at radius 1 is 1.58 bits per heavy atom. The lowest BCUT2D eigenvalue weighted by Crippen LogP contribution is -2.22. The summed E-state index contributed by atoms with van der Waals surface area (Å²) in [5.74, 6) is -1.31. The number of rotatable bonds is 3. The Morgan fingerprint density at radius 2 is 2.32 bits per heavy atom. The first-order valence-electron chi connectivity index (χ1n) is 5.69. The fraction of sp³-hybridized carbons (Fsp3) is 0.333. The van der Waals surface area contributed by atoms with E-state index in [-0.39, 0.29) is 11.3 Å². The normalized spacial score (nSPS) is 18.1. The fourth-order valence-corrected chi connectivity index (χ4v) is 2.16. The quantitative estimate of drug-likeness (QED) is 0.650. The molecule has 19 heavy (non-hydrogen) atoms. The minimum absolute atomic E-state index is 0.00253. The van der Waals surface area contributed by atoms with Crippen LogP contribution in [0.25, 0.3) is 0 Å². The Hall–Kier alpha value is -2.62. The van der Waals surface area contributed by atoms with Crippen LogP contribution in [0.3, 0.4) is 0 Å². The maximum absolute atomic E-state index is 10.9. The number of nitriles is 1. The number of anilines is 1. The van der Waals surface area contributed by atoms with Crippen LogP contribution in [0.15, 0.2) is 18.2 Å². The van der Waals surface area contributed by atoms with Crippen molar-refractivity contribution in [2.75, 3.05) is 18.0 Å².